The summed E-state index contributed by atoms with van der Waals surface area (Å²) in [6.45, 7) is 13.9. The highest BCUT2D eigenvalue weighted by Crippen LogP contribution is 2.28. The molecule has 1 aromatic carbocycles. The molecular formula is C18H29N. The van der Waals surface area contributed by atoms with Crippen molar-refractivity contribution in [3.05, 3.63) is 34.9 Å². The molecule has 1 aliphatic rings. The number of rotatable bonds is 3. The summed E-state index contributed by atoms with van der Waals surface area (Å²) in [4.78, 5) is 2.66. The first-order chi connectivity index (χ1) is 8.91. The molecule has 1 aromatic rings. The van der Waals surface area contributed by atoms with Crippen molar-refractivity contribution in [2.24, 2.45) is 0 Å². The first-order valence-electron chi connectivity index (χ1n) is 7.76. The smallest absolute Gasteiger partial charge is 0.0236 e. The third-order valence-corrected chi connectivity index (χ3v) is 4.45. The van der Waals surface area contributed by atoms with Gasteiger partial charge >= 0.3 is 0 Å². The monoisotopic (exact) mass is 259 g/mol. The Labute approximate surface area is 119 Å². The summed E-state index contributed by atoms with van der Waals surface area (Å²) >= 11 is 0. The SMILES string of the molecule is CC[C@@H]1CCCN1Cc1ccc(C(C)(C)C)c(C)c1. The summed E-state index contributed by atoms with van der Waals surface area (Å²) < 4.78 is 0. The molecule has 1 heterocycles. The standard InChI is InChI=1S/C18H29N/c1-6-16-8-7-11-19(16)13-15-9-10-17(14(2)12-15)18(3,4)5/h9-10,12,16H,6-8,11,13H2,1-5H3/t16-/m1/s1. The Hall–Kier alpha value is -0.820. The van der Waals surface area contributed by atoms with Crippen LogP contribution in [0.5, 0.6) is 0 Å². The molecule has 0 spiro atoms. The molecule has 19 heavy (non-hydrogen) atoms. The lowest BCUT2D eigenvalue weighted by Gasteiger charge is -2.25. The van der Waals surface area contributed by atoms with Crippen LogP contribution in [0, 0.1) is 6.92 Å². The number of aryl methyl sites for hydroxylation is 1. The third-order valence-electron chi connectivity index (χ3n) is 4.45. The second kappa shape index (κ2) is 5.66. The minimum Gasteiger partial charge on any atom is -0.296 e. The largest absolute Gasteiger partial charge is 0.296 e. The van der Waals surface area contributed by atoms with Crippen molar-refractivity contribution >= 4 is 0 Å². The fourth-order valence-electron chi connectivity index (χ4n) is 3.47. The maximum Gasteiger partial charge on any atom is 0.0236 e. The maximum absolute atomic E-state index is 2.66. The Morgan fingerprint density at radius 2 is 2.00 bits per heavy atom. The Balaban J connectivity index is 2.12. The van der Waals surface area contributed by atoms with Crippen molar-refractivity contribution in [1.29, 1.82) is 0 Å². The molecule has 0 bridgehead atoms. The zero-order chi connectivity index (χ0) is 14.0. The van der Waals surface area contributed by atoms with Crippen molar-refractivity contribution in [2.45, 2.75) is 71.9 Å². The molecule has 1 saturated heterocycles. The quantitative estimate of drug-likeness (QED) is 0.762. The summed E-state index contributed by atoms with van der Waals surface area (Å²) in [7, 11) is 0. The zero-order valence-electron chi connectivity index (χ0n) is 13.3. The Bertz CT molecular complexity index is 428. The van der Waals surface area contributed by atoms with Gasteiger partial charge in [0.15, 0.2) is 0 Å². The zero-order valence-corrected chi connectivity index (χ0v) is 13.3. The minimum absolute atomic E-state index is 0.252. The second-order valence-electron chi connectivity index (χ2n) is 7.07. The molecule has 0 amide bonds. The second-order valence-corrected chi connectivity index (χ2v) is 7.07. The molecule has 0 radical (unpaired) electrons. The molecule has 1 fully saturated rings. The highest BCUT2D eigenvalue weighted by atomic mass is 15.2. The summed E-state index contributed by atoms with van der Waals surface area (Å²) in [5.74, 6) is 0. The molecule has 1 nitrogen and oxygen atoms in total. The van der Waals surface area contributed by atoms with E-state index in [0.29, 0.717) is 0 Å². The van der Waals surface area contributed by atoms with E-state index in [-0.39, 0.29) is 5.41 Å². The van der Waals surface area contributed by atoms with Crippen molar-refractivity contribution < 1.29 is 0 Å². The van der Waals surface area contributed by atoms with Gasteiger partial charge < -0.3 is 0 Å². The van der Waals surface area contributed by atoms with Crippen molar-refractivity contribution in [2.75, 3.05) is 6.54 Å². The topological polar surface area (TPSA) is 3.24 Å². The predicted octanol–water partition coefficient (Wildman–Crippen LogP) is 4.67. The van der Waals surface area contributed by atoms with Crippen LogP contribution in [0.4, 0.5) is 0 Å². The number of benzene rings is 1. The van der Waals surface area contributed by atoms with Crippen LogP contribution in [-0.2, 0) is 12.0 Å². The summed E-state index contributed by atoms with van der Waals surface area (Å²) in [5, 5.41) is 0. The van der Waals surface area contributed by atoms with E-state index < -0.39 is 0 Å². The van der Waals surface area contributed by atoms with Crippen LogP contribution in [0.2, 0.25) is 0 Å². The number of likely N-dealkylation sites (tertiary alicyclic amines) is 1. The molecule has 0 aromatic heterocycles. The van der Waals surface area contributed by atoms with E-state index in [1.165, 1.54) is 42.5 Å². The van der Waals surface area contributed by atoms with E-state index in [2.05, 4.69) is 57.7 Å². The van der Waals surface area contributed by atoms with E-state index >= 15 is 0 Å². The van der Waals surface area contributed by atoms with Gasteiger partial charge in [0.05, 0.1) is 0 Å². The maximum atomic E-state index is 2.66. The van der Waals surface area contributed by atoms with Crippen LogP contribution >= 0.6 is 0 Å². The van der Waals surface area contributed by atoms with E-state index in [1.807, 2.05) is 0 Å². The molecule has 1 heteroatoms. The summed E-state index contributed by atoms with van der Waals surface area (Å²) in [6, 6.07) is 7.87. The Morgan fingerprint density at radius 1 is 1.26 bits per heavy atom. The van der Waals surface area contributed by atoms with E-state index in [1.54, 1.807) is 0 Å². The lowest BCUT2D eigenvalue weighted by molar-refractivity contribution is 0.240. The third kappa shape index (κ3) is 3.39. The average Bonchev–Trinajstić information content (AvgIpc) is 2.74. The van der Waals surface area contributed by atoms with Gasteiger partial charge in [-0.25, -0.2) is 0 Å². The van der Waals surface area contributed by atoms with Crippen LogP contribution in [0.15, 0.2) is 18.2 Å². The van der Waals surface area contributed by atoms with Crippen LogP contribution in [0.3, 0.4) is 0 Å². The van der Waals surface area contributed by atoms with Crippen molar-refractivity contribution in [3.63, 3.8) is 0 Å². The average molecular weight is 259 g/mol. The van der Waals surface area contributed by atoms with Gasteiger partial charge in [-0.05, 0) is 54.8 Å². The molecule has 106 valence electrons. The molecule has 0 N–H and O–H groups in total. The molecular weight excluding hydrogens is 230 g/mol. The molecule has 2 rings (SSSR count). The summed E-state index contributed by atoms with van der Waals surface area (Å²) in [5.41, 5.74) is 4.65. The van der Waals surface area contributed by atoms with Crippen LogP contribution < -0.4 is 0 Å². The van der Waals surface area contributed by atoms with Crippen molar-refractivity contribution in [1.82, 2.24) is 4.90 Å². The molecule has 1 aliphatic heterocycles. The normalized spacial score (nSPS) is 21.0. The van der Waals surface area contributed by atoms with Gasteiger partial charge in [-0.3, -0.25) is 4.90 Å². The van der Waals surface area contributed by atoms with Gasteiger partial charge in [0, 0.05) is 12.6 Å². The molecule has 0 saturated carbocycles. The number of hydrogen-bond donors (Lipinski definition) is 0. The molecule has 0 unspecified atom stereocenters. The van der Waals surface area contributed by atoms with Crippen LogP contribution in [0.1, 0.15) is 63.6 Å². The predicted molar refractivity (Wildman–Crippen MR) is 83.6 cm³/mol. The van der Waals surface area contributed by atoms with E-state index in [4.69, 9.17) is 0 Å². The molecule has 1 atom stereocenters. The van der Waals surface area contributed by atoms with E-state index in [0.717, 1.165) is 12.6 Å². The fraction of sp³-hybridized carbons (Fsp3) is 0.667. The number of nitrogens with zero attached hydrogens (tertiary/aromatic N) is 1. The summed E-state index contributed by atoms with van der Waals surface area (Å²) in [6.07, 6.45) is 4.05. The lowest BCUT2D eigenvalue weighted by Crippen LogP contribution is -2.28. The minimum atomic E-state index is 0.252. The van der Waals surface area contributed by atoms with Gasteiger partial charge in [-0.1, -0.05) is 45.9 Å². The van der Waals surface area contributed by atoms with Gasteiger partial charge in [0.1, 0.15) is 0 Å². The van der Waals surface area contributed by atoms with Gasteiger partial charge in [-0.15, -0.1) is 0 Å². The first kappa shape index (κ1) is 14.6. The van der Waals surface area contributed by atoms with Crippen molar-refractivity contribution in [3.8, 4) is 0 Å². The Morgan fingerprint density at radius 3 is 2.58 bits per heavy atom. The number of hydrogen-bond acceptors (Lipinski definition) is 1. The fourth-order valence-corrected chi connectivity index (χ4v) is 3.47. The van der Waals surface area contributed by atoms with Crippen LogP contribution in [-0.4, -0.2) is 17.5 Å². The molecule has 0 aliphatic carbocycles. The highest BCUT2D eigenvalue weighted by molar-refractivity contribution is 5.35. The first-order valence-corrected chi connectivity index (χ1v) is 7.76. The lowest BCUT2D eigenvalue weighted by atomic mass is 9.83. The highest BCUT2D eigenvalue weighted by Gasteiger charge is 2.23. The van der Waals surface area contributed by atoms with Crippen LogP contribution in [0.25, 0.3) is 0 Å². The van der Waals surface area contributed by atoms with Gasteiger partial charge in [-0.2, -0.15) is 0 Å². The van der Waals surface area contributed by atoms with Gasteiger partial charge in [0.2, 0.25) is 0 Å². The van der Waals surface area contributed by atoms with E-state index in [9.17, 15) is 0 Å². The van der Waals surface area contributed by atoms with Gasteiger partial charge in [0.25, 0.3) is 0 Å². The Kier molecular flexibility index (Phi) is 4.35.